The number of aromatic nitrogens is 1. The maximum absolute atomic E-state index is 12.0. The zero-order chi connectivity index (χ0) is 11.7. The van der Waals surface area contributed by atoms with Gasteiger partial charge in [0.15, 0.2) is 5.43 Å². The molecule has 0 amide bonds. The van der Waals surface area contributed by atoms with Gasteiger partial charge in [-0.25, -0.2) is 0 Å². The Bertz CT molecular complexity index is 567. The normalized spacial score (nSPS) is 10.4. The highest BCUT2D eigenvalue weighted by molar-refractivity contribution is 5.65. The Kier molecular flexibility index (Phi) is 2.52. The third kappa shape index (κ3) is 1.72. The number of nitrogens with two attached hydrogens (primary N) is 1. The van der Waals surface area contributed by atoms with Gasteiger partial charge in [0.1, 0.15) is 5.82 Å². The van der Waals surface area contributed by atoms with Crippen molar-refractivity contribution in [2.75, 3.05) is 5.73 Å². The number of hydrogen-bond acceptors (Lipinski definition) is 2. The molecule has 3 heteroatoms. The summed E-state index contributed by atoms with van der Waals surface area (Å²) in [4.78, 5) is 14.9. The van der Waals surface area contributed by atoms with Crippen molar-refractivity contribution >= 4 is 5.82 Å². The molecule has 16 heavy (non-hydrogen) atoms. The van der Waals surface area contributed by atoms with E-state index in [2.05, 4.69) is 4.98 Å². The van der Waals surface area contributed by atoms with E-state index in [-0.39, 0.29) is 5.43 Å². The lowest BCUT2D eigenvalue weighted by Crippen LogP contribution is -2.12. The topological polar surface area (TPSA) is 58.9 Å². The van der Waals surface area contributed by atoms with Crippen LogP contribution in [0.3, 0.4) is 0 Å². The van der Waals surface area contributed by atoms with E-state index in [1.807, 2.05) is 31.2 Å². The average Bonchev–Trinajstić information content (AvgIpc) is 2.28. The Balaban J connectivity index is 2.61. The number of hydrogen-bond donors (Lipinski definition) is 2. The summed E-state index contributed by atoms with van der Waals surface area (Å²) >= 11 is 0. The third-order valence-electron chi connectivity index (χ3n) is 2.72. The standard InChI is InChI=1S/C13H14N2O/c1-8-3-5-10(6-4-8)11-7-15-13(14)9(2)12(11)16/h3-7H,1-2H3,(H3,14,15,16). The van der Waals surface area contributed by atoms with Crippen LogP contribution in [-0.2, 0) is 0 Å². The number of pyridine rings is 1. The van der Waals surface area contributed by atoms with Crippen molar-refractivity contribution < 1.29 is 0 Å². The van der Waals surface area contributed by atoms with E-state index in [0.29, 0.717) is 16.9 Å². The minimum Gasteiger partial charge on any atom is -0.385 e. The highest BCUT2D eigenvalue weighted by atomic mass is 16.1. The van der Waals surface area contributed by atoms with Crippen LogP contribution in [0.25, 0.3) is 11.1 Å². The minimum atomic E-state index is -0.0138. The summed E-state index contributed by atoms with van der Waals surface area (Å²) in [6.07, 6.45) is 1.66. The van der Waals surface area contributed by atoms with E-state index < -0.39 is 0 Å². The minimum absolute atomic E-state index is 0.0138. The molecule has 1 aromatic heterocycles. The fourth-order valence-electron chi connectivity index (χ4n) is 1.60. The maximum Gasteiger partial charge on any atom is 0.194 e. The lowest BCUT2D eigenvalue weighted by atomic mass is 10.0. The van der Waals surface area contributed by atoms with Gasteiger partial charge in [0.25, 0.3) is 0 Å². The molecule has 3 nitrogen and oxygen atoms in total. The lowest BCUT2D eigenvalue weighted by molar-refractivity contribution is 1.25. The molecule has 0 spiro atoms. The molecule has 0 saturated heterocycles. The molecule has 0 fully saturated rings. The van der Waals surface area contributed by atoms with Crippen molar-refractivity contribution in [1.82, 2.24) is 4.98 Å². The van der Waals surface area contributed by atoms with Crippen molar-refractivity contribution in [3.05, 3.63) is 51.8 Å². The molecule has 3 N–H and O–H groups in total. The summed E-state index contributed by atoms with van der Waals surface area (Å²) in [5, 5.41) is 0. The molecule has 0 unspecified atom stereocenters. The number of anilines is 1. The summed E-state index contributed by atoms with van der Waals surface area (Å²) in [6, 6.07) is 7.85. The smallest absolute Gasteiger partial charge is 0.194 e. The van der Waals surface area contributed by atoms with Gasteiger partial charge in [-0.3, -0.25) is 4.79 Å². The largest absolute Gasteiger partial charge is 0.385 e. The van der Waals surface area contributed by atoms with Crippen LogP contribution in [0.1, 0.15) is 11.1 Å². The molecule has 0 bridgehead atoms. The van der Waals surface area contributed by atoms with Crippen LogP contribution < -0.4 is 11.2 Å². The monoisotopic (exact) mass is 214 g/mol. The molecular formula is C13H14N2O. The summed E-state index contributed by atoms with van der Waals surface area (Å²) < 4.78 is 0. The summed E-state index contributed by atoms with van der Waals surface area (Å²) in [6.45, 7) is 3.74. The zero-order valence-corrected chi connectivity index (χ0v) is 9.37. The molecule has 82 valence electrons. The number of nitrogen functional groups attached to an aromatic ring is 1. The number of nitrogens with one attached hydrogen (secondary N) is 1. The molecule has 0 aliphatic heterocycles. The van der Waals surface area contributed by atoms with Crippen LogP contribution in [-0.4, -0.2) is 4.98 Å². The average molecular weight is 214 g/mol. The van der Waals surface area contributed by atoms with E-state index >= 15 is 0 Å². The first-order valence-electron chi connectivity index (χ1n) is 5.14. The lowest BCUT2D eigenvalue weighted by Gasteiger charge is -2.05. The highest BCUT2D eigenvalue weighted by Gasteiger charge is 2.07. The predicted molar refractivity (Wildman–Crippen MR) is 66.4 cm³/mol. The summed E-state index contributed by atoms with van der Waals surface area (Å²) in [5.41, 5.74) is 8.93. The molecule has 2 rings (SSSR count). The van der Waals surface area contributed by atoms with Crippen molar-refractivity contribution in [3.63, 3.8) is 0 Å². The van der Waals surface area contributed by atoms with Crippen LogP contribution in [0.5, 0.6) is 0 Å². The van der Waals surface area contributed by atoms with Crippen molar-refractivity contribution in [3.8, 4) is 11.1 Å². The predicted octanol–water partition coefficient (Wildman–Crippen LogP) is 2.24. The fourth-order valence-corrected chi connectivity index (χ4v) is 1.60. The molecule has 2 aromatic rings. The first-order valence-corrected chi connectivity index (χ1v) is 5.14. The van der Waals surface area contributed by atoms with E-state index in [0.717, 1.165) is 5.56 Å². The van der Waals surface area contributed by atoms with Crippen molar-refractivity contribution in [1.29, 1.82) is 0 Å². The van der Waals surface area contributed by atoms with Gasteiger partial charge < -0.3 is 10.7 Å². The van der Waals surface area contributed by atoms with Crippen molar-refractivity contribution in [2.45, 2.75) is 13.8 Å². The second kappa shape index (κ2) is 3.85. The Morgan fingerprint density at radius 3 is 2.38 bits per heavy atom. The number of benzene rings is 1. The van der Waals surface area contributed by atoms with Gasteiger partial charge in [-0.1, -0.05) is 29.8 Å². The van der Waals surface area contributed by atoms with Crippen LogP contribution >= 0.6 is 0 Å². The molecule has 1 aromatic carbocycles. The quantitative estimate of drug-likeness (QED) is 0.764. The number of aryl methyl sites for hydroxylation is 1. The molecule has 1 heterocycles. The van der Waals surface area contributed by atoms with E-state index in [1.54, 1.807) is 13.1 Å². The van der Waals surface area contributed by atoms with Crippen LogP contribution in [0, 0.1) is 13.8 Å². The van der Waals surface area contributed by atoms with Gasteiger partial charge in [-0.05, 0) is 19.4 Å². The van der Waals surface area contributed by atoms with Crippen LogP contribution in [0.15, 0.2) is 35.3 Å². The summed E-state index contributed by atoms with van der Waals surface area (Å²) in [7, 11) is 0. The van der Waals surface area contributed by atoms with Gasteiger partial charge >= 0.3 is 0 Å². The first-order chi connectivity index (χ1) is 7.59. The second-order valence-electron chi connectivity index (χ2n) is 3.94. The van der Waals surface area contributed by atoms with Gasteiger partial charge in [0.05, 0.1) is 0 Å². The van der Waals surface area contributed by atoms with E-state index in [1.165, 1.54) is 5.56 Å². The molecular weight excluding hydrogens is 200 g/mol. The first kappa shape index (κ1) is 10.5. The van der Waals surface area contributed by atoms with Crippen molar-refractivity contribution in [2.24, 2.45) is 0 Å². The number of H-pyrrole nitrogens is 1. The van der Waals surface area contributed by atoms with Crippen LogP contribution in [0.2, 0.25) is 0 Å². The van der Waals surface area contributed by atoms with Gasteiger partial charge in [0, 0.05) is 17.3 Å². The molecule has 0 aliphatic carbocycles. The zero-order valence-electron chi connectivity index (χ0n) is 9.37. The van der Waals surface area contributed by atoms with Crippen LogP contribution in [0.4, 0.5) is 5.82 Å². The number of aromatic amines is 1. The number of rotatable bonds is 1. The van der Waals surface area contributed by atoms with Gasteiger partial charge in [-0.15, -0.1) is 0 Å². The fraction of sp³-hybridized carbons (Fsp3) is 0.154. The van der Waals surface area contributed by atoms with E-state index in [4.69, 9.17) is 5.73 Å². The Morgan fingerprint density at radius 2 is 1.75 bits per heavy atom. The Labute approximate surface area is 93.9 Å². The third-order valence-corrected chi connectivity index (χ3v) is 2.72. The molecule has 0 radical (unpaired) electrons. The van der Waals surface area contributed by atoms with E-state index in [9.17, 15) is 4.79 Å². The summed E-state index contributed by atoms with van der Waals surface area (Å²) in [5.74, 6) is 0.431. The SMILES string of the molecule is Cc1ccc(-c2c[nH]c(N)c(C)c2=O)cc1. The van der Waals surface area contributed by atoms with Gasteiger partial charge in [0.2, 0.25) is 0 Å². The Morgan fingerprint density at radius 1 is 1.12 bits per heavy atom. The molecule has 0 saturated carbocycles. The Hall–Kier alpha value is -2.03. The van der Waals surface area contributed by atoms with Gasteiger partial charge in [-0.2, -0.15) is 0 Å². The highest BCUT2D eigenvalue weighted by Crippen LogP contribution is 2.17. The maximum atomic E-state index is 12.0. The molecule has 0 atom stereocenters. The second-order valence-corrected chi connectivity index (χ2v) is 3.94. The molecule has 0 aliphatic rings.